The van der Waals surface area contributed by atoms with Crippen LogP contribution in [0, 0.1) is 0 Å². The van der Waals surface area contributed by atoms with Crippen molar-refractivity contribution in [2.24, 2.45) is 10.2 Å². The topological polar surface area (TPSA) is 41.8 Å². The van der Waals surface area contributed by atoms with E-state index >= 15 is 0 Å². The normalized spacial score (nSPS) is 13.3. The van der Waals surface area contributed by atoms with E-state index in [4.69, 9.17) is 0 Å². The molecule has 0 unspecified atom stereocenters. The third-order valence-corrected chi connectivity index (χ3v) is 1.40. The quantitative estimate of drug-likeness (QED) is 0.596. The first-order valence-corrected chi connectivity index (χ1v) is 3.92. The van der Waals surface area contributed by atoms with Gasteiger partial charge >= 0.3 is 0 Å². The minimum absolute atomic E-state index is 0.222. The highest BCUT2D eigenvalue weighted by Gasteiger charge is 2.04. The molecule has 0 saturated carbocycles. The van der Waals surface area contributed by atoms with Crippen LogP contribution < -0.4 is 0 Å². The van der Waals surface area contributed by atoms with Crippen LogP contribution in [0.25, 0.3) is 0 Å². The number of carbonyl (C=O) groups excluding carboxylic acids is 1. The number of hydrogen-bond acceptors (Lipinski definition) is 2. The summed E-state index contributed by atoms with van der Waals surface area (Å²) in [5.74, 6) is -0.222. The largest absolute Gasteiger partial charge is 0.292 e. The lowest BCUT2D eigenvalue weighted by atomic mass is 10.3. The molecule has 0 fully saturated rings. The fourth-order valence-electron chi connectivity index (χ4n) is 0.687. The summed E-state index contributed by atoms with van der Waals surface area (Å²) >= 11 is 0. The first kappa shape index (κ1) is 9.32. The molecule has 0 N–H and O–H groups in total. The van der Waals surface area contributed by atoms with Crippen LogP contribution in [0.1, 0.15) is 6.92 Å². The Morgan fingerprint density at radius 3 is 1.62 bits per heavy atom. The van der Waals surface area contributed by atoms with Gasteiger partial charge in [0, 0.05) is 5.57 Å². The maximum atomic E-state index is 10.2. The standard InChI is InChI=1S/C6H6.C4H4N2O/c1-2-4-6-5-3-1;1-3-2-5-6-4(3)7/h1-6H;2H,1H3. The maximum Gasteiger partial charge on any atom is 0.292 e. The van der Waals surface area contributed by atoms with Crippen molar-refractivity contribution in [3.8, 4) is 0 Å². The molecule has 0 spiro atoms. The molecule has 2 rings (SSSR count). The summed E-state index contributed by atoms with van der Waals surface area (Å²) in [5, 5.41) is 6.57. The second-order valence-electron chi connectivity index (χ2n) is 2.49. The Morgan fingerprint density at radius 1 is 1.00 bits per heavy atom. The molecule has 13 heavy (non-hydrogen) atoms. The van der Waals surface area contributed by atoms with Crippen molar-refractivity contribution in [3.63, 3.8) is 0 Å². The van der Waals surface area contributed by atoms with Gasteiger partial charge in [-0.1, -0.05) is 36.4 Å². The molecule has 0 aliphatic carbocycles. The minimum Gasteiger partial charge on any atom is -0.265 e. The summed E-state index contributed by atoms with van der Waals surface area (Å²) in [6, 6.07) is 12.0. The van der Waals surface area contributed by atoms with Crippen LogP contribution in [0.2, 0.25) is 0 Å². The van der Waals surface area contributed by atoms with Crippen molar-refractivity contribution < 1.29 is 4.79 Å². The van der Waals surface area contributed by atoms with Crippen molar-refractivity contribution in [3.05, 3.63) is 48.2 Å². The average molecular weight is 174 g/mol. The van der Waals surface area contributed by atoms with Gasteiger partial charge in [-0.3, -0.25) is 4.79 Å². The third kappa shape index (κ3) is 3.42. The number of hydrogen-bond donors (Lipinski definition) is 0. The van der Waals surface area contributed by atoms with E-state index in [9.17, 15) is 4.79 Å². The number of nitrogens with zero attached hydrogens (tertiary/aromatic N) is 2. The number of azo groups is 1. The van der Waals surface area contributed by atoms with Crippen molar-refractivity contribution >= 4 is 5.91 Å². The Morgan fingerprint density at radius 2 is 1.46 bits per heavy atom. The first-order chi connectivity index (χ1) is 6.30. The zero-order valence-electron chi connectivity index (χ0n) is 7.34. The molecule has 0 atom stereocenters. The number of carbonyl (C=O) groups is 1. The molecule has 3 nitrogen and oxygen atoms in total. The van der Waals surface area contributed by atoms with Gasteiger partial charge < -0.3 is 0 Å². The summed E-state index contributed by atoms with van der Waals surface area (Å²) in [6.07, 6.45) is 1.45. The van der Waals surface area contributed by atoms with Gasteiger partial charge in [0.15, 0.2) is 0 Å². The van der Waals surface area contributed by atoms with E-state index in [1.54, 1.807) is 6.92 Å². The van der Waals surface area contributed by atoms with Gasteiger partial charge in [-0.15, -0.1) is 5.11 Å². The molecule has 1 aliphatic heterocycles. The van der Waals surface area contributed by atoms with E-state index in [2.05, 4.69) is 10.2 Å². The second-order valence-corrected chi connectivity index (χ2v) is 2.49. The molecule has 1 amide bonds. The molecule has 66 valence electrons. The summed E-state index contributed by atoms with van der Waals surface area (Å²) in [6.45, 7) is 1.68. The van der Waals surface area contributed by atoms with Gasteiger partial charge in [-0.25, -0.2) is 0 Å². The molecular weight excluding hydrogens is 164 g/mol. The Balaban J connectivity index is 0.000000132. The zero-order chi connectivity index (χ0) is 9.52. The van der Waals surface area contributed by atoms with Crippen molar-refractivity contribution in [1.29, 1.82) is 0 Å². The lowest BCUT2D eigenvalue weighted by molar-refractivity contribution is -0.114. The van der Waals surface area contributed by atoms with Crippen LogP contribution in [0.3, 0.4) is 0 Å². The van der Waals surface area contributed by atoms with E-state index in [0.717, 1.165) is 0 Å². The van der Waals surface area contributed by atoms with Gasteiger partial charge in [0.25, 0.3) is 5.91 Å². The van der Waals surface area contributed by atoms with Gasteiger partial charge in [0.1, 0.15) is 0 Å². The zero-order valence-corrected chi connectivity index (χ0v) is 7.34. The van der Waals surface area contributed by atoms with Gasteiger partial charge in [-0.05, 0) is 6.92 Å². The summed E-state index contributed by atoms with van der Waals surface area (Å²) in [5.41, 5.74) is 0.611. The van der Waals surface area contributed by atoms with Crippen LogP contribution in [-0.4, -0.2) is 5.91 Å². The SMILES string of the molecule is CC1=CN=NC1=O.c1ccccc1. The highest BCUT2D eigenvalue weighted by molar-refractivity contribution is 5.94. The predicted molar refractivity (Wildman–Crippen MR) is 50.1 cm³/mol. The van der Waals surface area contributed by atoms with E-state index < -0.39 is 0 Å². The van der Waals surface area contributed by atoms with Crippen LogP contribution in [0.4, 0.5) is 0 Å². The third-order valence-electron chi connectivity index (χ3n) is 1.40. The molecular formula is C10H10N2O. The van der Waals surface area contributed by atoms with E-state index in [0.29, 0.717) is 5.57 Å². The second kappa shape index (κ2) is 4.98. The van der Waals surface area contributed by atoms with Crippen LogP contribution in [0.15, 0.2) is 58.4 Å². The molecule has 1 aromatic rings. The molecule has 0 bridgehead atoms. The van der Waals surface area contributed by atoms with Gasteiger partial charge in [0.2, 0.25) is 0 Å². The van der Waals surface area contributed by atoms with Crippen LogP contribution in [-0.2, 0) is 4.79 Å². The molecule has 3 heteroatoms. The Kier molecular flexibility index (Phi) is 3.57. The van der Waals surface area contributed by atoms with Gasteiger partial charge in [0.05, 0.1) is 6.20 Å². The summed E-state index contributed by atoms with van der Waals surface area (Å²) in [4.78, 5) is 10.2. The fraction of sp³-hybridized carbons (Fsp3) is 0.100. The molecule has 1 aromatic carbocycles. The lowest BCUT2D eigenvalue weighted by Gasteiger charge is -1.74. The Hall–Kier alpha value is -1.77. The van der Waals surface area contributed by atoms with Gasteiger partial charge in [-0.2, -0.15) is 5.11 Å². The van der Waals surface area contributed by atoms with E-state index in [1.165, 1.54) is 6.20 Å². The molecule has 0 aromatic heterocycles. The summed E-state index contributed by atoms with van der Waals surface area (Å²) < 4.78 is 0. The smallest absolute Gasteiger partial charge is 0.265 e. The van der Waals surface area contributed by atoms with Crippen LogP contribution in [0.5, 0.6) is 0 Å². The van der Waals surface area contributed by atoms with Crippen molar-refractivity contribution in [2.75, 3.05) is 0 Å². The number of benzene rings is 1. The van der Waals surface area contributed by atoms with E-state index in [-0.39, 0.29) is 5.91 Å². The lowest BCUT2D eigenvalue weighted by Crippen LogP contribution is -1.86. The highest BCUT2D eigenvalue weighted by atomic mass is 16.2. The Labute approximate surface area is 76.8 Å². The highest BCUT2D eigenvalue weighted by Crippen LogP contribution is 2.03. The summed E-state index contributed by atoms with van der Waals surface area (Å²) in [7, 11) is 0. The fourth-order valence-corrected chi connectivity index (χ4v) is 0.687. The first-order valence-electron chi connectivity index (χ1n) is 3.92. The molecule has 0 radical (unpaired) electrons. The molecule has 1 heterocycles. The monoisotopic (exact) mass is 174 g/mol. The number of rotatable bonds is 0. The number of amides is 1. The maximum absolute atomic E-state index is 10.2. The molecule has 1 aliphatic rings. The minimum atomic E-state index is -0.222. The van der Waals surface area contributed by atoms with E-state index in [1.807, 2.05) is 36.4 Å². The van der Waals surface area contributed by atoms with Crippen molar-refractivity contribution in [1.82, 2.24) is 0 Å². The Bertz CT molecular complexity index is 301. The average Bonchev–Trinajstić information content (AvgIpc) is 2.55. The molecule has 0 saturated heterocycles. The van der Waals surface area contributed by atoms with Crippen molar-refractivity contribution in [2.45, 2.75) is 6.92 Å². The predicted octanol–water partition coefficient (Wildman–Crippen LogP) is 2.57. The van der Waals surface area contributed by atoms with Crippen LogP contribution >= 0.6 is 0 Å².